The van der Waals surface area contributed by atoms with Crippen molar-refractivity contribution >= 4 is 12.9 Å². The summed E-state index contributed by atoms with van der Waals surface area (Å²) in [7, 11) is -0.143. The molecule has 1 aliphatic heterocycles. The third-order valence-corrected chi connectivity index (χ3v) is 5.70. The normalized spacial score (nSPS) is 33.1. The molecule has 0 aromatic carbocycles. The first-order chi connectivity index (χ1) is 8.65. The lowest BCUT2D eigenvalue weighted by atomic mass is 9.48. The fraction of sp³-hybridized carbons (Fsp3) is 0.933. The highest BCUT2D eigenvalue weighted by atomic mass is 16.7. The Hall–Kier alpha value is -0.345. The molecule has 1 atom stereocenters. The molecule has 0 radical (unpaired) electrons. The lowest BCUT2D eigenvalue weighted by molar-refractivity contribution is -0.132. The van der Waals surface area contributed by atoms with Gasteiger partial charge >= 0.3 is 7.12 Å². The molecule has 0 spiro atoms. The highest BCUT2D eigenvalue weighted by Crippen LogP contribution is 2.60. The highest BCUT2D eigenvalue weighted by Gasteiger charge is 2.62. The first kappa shape index (κ1) is 13.6. The maximum Gasteiger partial charge on any atom is 0.462 e. The molecule has 4 heteroatoms. The van der Waals surface area contributed by atoms with Crippen LogP contribution in [0.1, 0.15) is 60.3 Å². The Labute approximate surface area is 116 Å². The van der Waals surface area contributed by atoms with E-state index < -0.39 is 0 Å². The van der Waals surface area contributed by atoms with E-state index in [2.05, 4.69) is 34.6 Å². The molecule has 0 aromatic rings. The number of hydrogen-bond acceptors (Lipinski definition) is 3. The van der Waals surface area contributed by atoms with Crippen LogP contribution < -0.4 is 0 Å². The molecule has 1 saturated heterocycles. The van der Waals surface area contributed by atoms with Crippen LogP contribution in [0.3, 0.4) is 0 Å². The molecule has 3 nitrogen and oxygen atoms in total. The number of Topliss-reactive ketones (excluding diaryl/α,β-unsaturated/α-hetero) is 1. The Morgan fingerprint density at radius 3 is 1.89 bits per heavy atom. The zero-order chi connectivity index (χ0) is 14.1. The van der Waals surface area contributed by atoms with Gasteiger partial charge in [0.25, 0.3) is 0 Å². The summed E-state index contributed by atoms with van der Waals surface area (Å²) in [4.78, 5) is 11.5. The van der Waals surface area contributed by atoms with Crippen molar-refractivity contribution in [2.45, 2.75) is 77.3 Å². The molecule has 0 aromatic heterocycles. The number of rotatable bonds is 3. The zero-order valence-corrected chi connectivity index (χ0v) is 12.8. The minimum Gasteiger partial charge on any atom is -0.403 e. The van der Waals surface area contributed by atoms with E-state index in [1.54, 1.807) is 0 Å². The maximum absolute atomic E-state index is 11.5. The molecule has 106 valence electrons. The Morgan fingerprint density at radius 1 is 1.05 bits per heavy atom. The second-order valence-corrected chi connectivity index (χ2v) is 8.03. The van der Waals surface area contributed by atoms with Crippen molar-refractivity contribution in [1.82, 2.24) is 0 Å². The first-order valence-corrected chi connectivity index (χ1v) is 7.52. The van der Waals surface area contributed by atoms with Gasteiger partial charge in [-0.15, -0.1) is 0 Å². The summed E-state index contributed by atoms with van der Waals surface area (Å²) in [5.41, 5.74) is -0.441. The van der Waals surface area contributed by atoms with E-state index in [-0.39, 0.29) is 23.7 Å². The maximum atomic E-state index is 11.5. The van der Waals surface area contributed by atoms with Crippen molar-refractivity contribution in [3.05, 3.63) is 0 Å². The summed E-state index contributed by atoms with van der Waals surface area (Å²) >= 11 is 0. The van der Waals surface area contributed by atoms with E-state index in [0.29, 0.717) is 30.4 Å². The summed E-state index contributed by atoms with van der Waals surface area (Å²) < 4.78 is 12.5. The van der Waals surface area contributed by atoms with Gasteiger partial charge in [-0.05, 0) is 39.0 Å². The van der Waals surface area contributed by atoms with Crippen LogP contribution in [0.2, 0.25) is 5.82 Å². The minimum atomic E-state index is -0.269. The Morgan fingerprint density at radius 2 is 1.53 bits per heavy atom. The third kappa shape index (κ3) is 2.08. The number of hydrogen-bond donors (Lipinski definition) is 0. The van der Waals surface area contributed by atoms with Gasteiger partial charge < -0.3 is 9.31 Å². The van der Waals surface area contributed by atoms with Crippen LogP contribution >= 0.6 is 0 Å². The average Bonchev–Trinajstić information content (AvgIpc) is 2.94. The van der Waals surface area contributed by atoms with Crippen molar-refractivity contribution in [3.63, 3.8) is 0 Å². The molecule has 0 amide bonds. The van der Waals surface area contributed by atoms with E-state index in [9.17, 15) is 4.79 Å². The van der Waals surface area contributed by atoms with Gasteiger partial charge in [-0.25, -0.2) is 0 Å². The lowest BCUT2D eigenvalue weighted by Crippen LogP contribution is -2.46. The van der Waals surface area contributed by atoms with E-state index >= 15 is 0 Å². The van der Waals surface area contributed by atoms with Crippen LogP contribution in [-0.4, -0.2) is 24.1 Å². The predicted octanol–water partition coefficient (Wildman–Crippen LogP) is 3.23. The Kier molecular flexibility index (Phi) is 2.76. The third-order valence-electron chi connectivity index (χ3n) is 5.70. The fourth-order valence-corrected chi connectivity index (χ4v) is 3.70. The Balaban J connectivity index is 1.81. The SMILES string of the molecule is CC1(C(B2OC(C)(C)C(C)(C)O2)C2CC2)CC(=O)C1. The second kappa shape index (κ2) is 3.85. The second-order valence-electron chi connectivity index (χ2n) is 8.03. The largest absolute Gasteiger partial charge is 0.462 e. The molecule has 1 unspecified atom stereocenters. The lowest BCUT2D eigenvalue weighted by Gasteiger charge is -2.44. The van der Waals surface area contributed by atoms with Crippen molar-refractivity contribution in [2.75, 3.05) is 0 Å². The van der Waals surface area contributed by atoms with Crippen molar-refractivity contribution in [2.24, 2.45) is 11.3 Å². The summed E-state index contributed by atoms with van der Waals surface area (Å²) in [5, 5.41) is 0. The first-order valence-electron chi connectivity index (χ1n) is 7.52. The van der Waals surface area contributed by atoms with Crippen LogP contribution in [-0.2, 0) is 14.1 Å². The van der Waals surface area contributed by atoms with Gasteiger partial charge in [0.1, 0.15) is 5.78 Å². The van der Waals surface area contributed by atoms with Crippen LogP contribution in [0, 0.1) is 11.3 Å². The molecule has 1 heterocycles. The van der Waals surface area contributed by atoms with Crippen molar-refractivity contribution in [3.8, 4) is 0 Å². The van der Waals surface area contributed by atoms with Gasteiger partial charge in [-0.1, -0.05) is 19.8 Å². The smallest absolute Gasteiger partial charge is 0.403 e. The number of carbonyl (C=O) groups is 1. The molecule has 3 fully saturated rings. The average molecular weight is 264 g/mol. The molecular formula is C15H25BO3. The fourth-order valence-electron chi connectivity index (χ4n) is 3.70. The van der Waals surface area contributed by atoms with Gasteiger partial charge in [0.15, 0.2) is 0 Å². The summed E-state index contributed by atoms with van der Waals surface area (Å²) in [6.07, 6.45) is 3.94. The summed E-state index contributed by atoms with van der Waals surface area (Å²) in [6.45, 7) is 10.6. The monoisotopic (exact) mass is 264 g/mol. The van der Waals surface area contributed by atoms with Crippen LogP contribution in [0.25, 0.3) is 0 Å². The molecule has 3 rings (SSSR count). The number of carbonyl (C=O) groups excluding carboxylic acids is 1. The van der Waals surface area contributed by atoms with Gasteiger partial charge in [0.2, 0.25) is 0 Å². The van der Waals surface area contributed by atoms with Crippen molar-refractivity contribution in [1.29, 1.82) is 0 Å². The topological polar surface area (TPSA) is 35.5 Å². The van der Waals surface area contributed by atoms with Gasteiger partial charge in [0.05, 0.1) is 11.2 Å². The summed E-state index contributed by atoms with van der Waals surface area (Å²) in [6, 6.07) is 0. The molecule has 3 aliphatic rings. The number of ketones is 1. The van der Waals surface area contributed by atoms with E-state index in [1.165, 1.54) is 12.8 Å². The molecule has 2 aliphatic carbocycles. The zero-order valence-electron chi connectivity index (χ0n) is 12.8. The van der Waals surface area contributed by atoms with E-state index in [0.717, 1.165) is 0 Å². The van der Waals surface area contributed by atoms with Gasteiger partial charge in [-0.3, -0.25) is 4.79 Å². The minimum absolute atomic E-state index is 0.0966. The molecule has 0 bridgehead atoms. The quantitative estimate of drug-likeness (QED) is 0.734. The van der Waals surface area contributed by atoms with Crippen molar-refractivity contribution < 1.29 is 14.1 Å². The molecular weight excluding hydrogens is 239 g/mol. The van der Waals surface area contributed by atoms with Crippen LogP contribution in [0.5, 0.6) is 0 Å². The molecule has 0 N–H and O–H groups in total. The molecule has 19 heavy (non-hydrogen) atoms. The van der Waals surface area contributed by atoms with Crippen LogP contribution in [0.15, 0.2) is 0 Å². The predicted molar refractivity (Wildman–Crippen MR) is 74.9 cm³/mol. The van der Waals surface area contributed by atoms with Gasteiger partial charge in [-0.2, -0.15) is 0 Å². The molecule has 2 saturated carbocycles. The Bertz CT molecular complexity index is 388. The standard InChI is InChI=1S/C15H25BO3/c1-13(2)14(3,4)19-16(18-13)12(10-6-7-10)15(5)8-11(17)9-15/h10,12H,6-9H2,1-5H3. The van der Waals surface area contributed by atoms with Gasteiger partial charge in [0, 0.05) is 18.7 Å². The van der Waals surface area contributed by atoms with Crippen LogP contribution in [0.4, 0.5) is 0 Å². The highest BCUT2D eigenvalue weighted by molar-refractivity contribution is 6.48. The van der Waals surface area contributed by atoms with E-state index in [4.69, 9.17) is 9.31 Å². The van der Waals surface area contributed by atoms with E-state index in [1.807, 2.05) is 0 Å². The summed E-state index contributed by atoms with van der Waals surface area (Å²) in [5.74, 6) is 1.46.